The lowest BCUT2D eigenvalue weighted by molar-refractivity contribution is 0.273. The predicted molar refractivity (Wildman–Crippen MR) is 44.7 cm³/mol. The van der Waals surface area contributed by atoms with E-state index in [-0.39, 0.29) is 11.1 Å². The number of hydrogen-bond acceptors (Lipinski definition) is 1. The number of aliphatic hydroxyl groups excluding tert-OH is 1. The van der Waals surface area contributed by atoms with Crippen molar-refractivity contribution < 1.29 is 13.9 Å². The van der Waals surface area contributed by atoms with Crippen LogP contribution < -0.4 is 0 Å². The third-order valence-electron chi connectivity index (χ3n) is 1.63. The maximum atomic E-state index is 12.9. The Hall–Kier alpha value is -0.480. The third-order valence-corrected chi connectivity index (χ3v) is 2.46. The van der Waals surface area contributed by atoms with Crippen molar-refractivity contribution in [1.82, 2.24) is 0 Å². The predicted octanol–water partition coefficient (Wildman–Crippen LogP) is 2.53. The van der Waals surface area contributed by atoms with E-state index in [0.717, 1.165) is 0 Å². The summed E-state index contributed by atoms with van der Waals surface area (Å²) in [5, 5.41) is 8.63. The van der Waals surface area contributed by atoms with Gasteiger partial charge in [-0.25, -0.2) is 8.78 Å². The van der Waals surface area contributed by atoms with E-state index in [2.05, 4.69) is 15.9 Å². The van der Waals surface area contributed by atoms with E-state index >= 15 is 0 Å². The molecule has 1 N–H and O–H groups in total. The van der Waals surface area contributed by atoms with Crippen molar-refractivity contribution in [3.05, 3.63) is 33.3 Å². The zero-order valence-corrected chi connectivity index (χ0v) is 7.95. The van der Waals surface area contributed by atoms with Crippen LogP contribution in [0.25, 0.3) is 0 Å². The van der Waals surface area contributed by atoms with E-state index in [9.17, 15) is 8.78 Å². The molecule has 66 valence electrons. The summed E-state index contributed by atoms with van der Waals surface area (Å²) in [6.07, 6.45) is 0. The molecule has 0 saturated heterocycles. The van der Waals surface area contributed by atoms with Crippen molar-refractivity contribution in [2.75, 3.05) is 0 Å². The van der Waals surface area contributed by atoms with Gasteiger partial charge in [0.2, 0.25) is 0 Å². The Morgan fingerprint density at radius 3 is 2.50 bits per heavy atom. The van der Waals surface area contributed by atoms with E-state index < -0.39 is 18.2 Å². The van der Waals surface area contributed by atoms with Crippen LogP contribution in [0.4, 0.5) is 8.78 Å². The van der Waals surface area contributed by atoms with Gasteiger partial charge in [0.1, 0.15) is 0 Å². The zero-order valence-electron chi connectivity index (χ0n) is 6.37. The third kappa shape index (κ3) is 1.49. The lowest BCUT2D eigenvalue weighted by atomic mass is 10.1. The molecule has 0 radical (unpaired) electrons. The maximum absolute atomic E-state index is 12.9. The smallest absolute Gasteiger partial charge is 0.164 e. The maximum Gasteiger partial charge on any atom is 0.164 e. The highest BCUT2D eigenvalue weighted by molar-refractivity contribution is 9.10. The molecule has 0 spiro atoms. The largest absolute Gasteiger partial charge is 0.392 e. The number of hydrogen-bond donors (Lipinski definition) is 1. The molecule has 0 fully saturated rings. The minimum Gasteiger partial charge on any atom is -0.392 e. The fourth-order valence-corrected chi connectivity index (χ4v) is 1.30. The van der Waals surface area contributed by atoms with Gasteiger partial charge in [-0.2, -0.15) is 0 Å². The molecule has 1 nitrogen and oxygen atoms in total. The summed E-state index contributed by atoms with van der Waals surface area (Å²) in [6, 6.07) is 1.37. The highest BCUT2D eigenvalue weighted by atomic mass is 79.9. The molecule has 0 unspecified atom stereocenters. The average Bonchev–Trinajstić information content (AvgIpc) is 2.08. The fraction of sp³-hybridized carbons (Fsp3) is 0.250. The Morgan fingerprint density at radius 1 is 1.42 bits per heavy atom. The molecule has 0 bridgehead atoms. The molecule has 0 aromatic heterocycles. The zero-order chi connectivity index (χ0) is 9.30. The van der Waals surface area contributed by atoms with Crippen LogP contribution in [-0.2, 0) is 6.61 Å². The van der Waals surface area contributed by atoms with Crippen molar-refractivity contribution in [1.29, 1.82) is 0 Å². The molecule has 0 heterocycles. The highest BCUT2D eigenvalue weighted by Crippen LogP contribution is 2.24. The van der Waals surface area contributed by atoms with E-state index in [1.807, 2.05) is 0 Å². The second-order valence-electron chi connectivity index (χ2n) is 2.43. The van der Waals surface area contributed by atoms with Gasteiger partial charge in [-0.15, -0.1) is 0 Å². The van der Waals surface area contributed by atoms with Gasteiger partial charge in [-0.3, -0.25) is 0 Å². The van der Waals surface area contributed by atoms with Gasteiger partial charge in [-0.1, -0.05) is 15.9 Å². The van der Waals surface area contributed by atoms with Crippen LogP contribution in [0.2, 0.25) is 0 Å². The Kier molecular flexibility index (Phi) is 2.80. The molecule has 1 aromatic rings. The van der Waals surface area contributed by atoms with Gasteiger partial charge in [0, 0.05) is 15.6 Å². The lowest BCUT2D eigenvalue weighted by Crippen LogP contribution is -1.97. The first-order valence-corrected chi connectivity index (χ1v) is 4.11. The van der Waals surface area contributed by atoms with E-state index in [4.69, 9.17) is 5.11 Å². The summed E-state index contributed by atoms with van der Waals surface area (Å²) >= 11 is 3.05. The van der Waals surface area contributed by atoms with Crippen LogP contribution in [0, 0.1) is 18.6 Å². The molecular formula is C8H7BrF2O. The Labute approximate surface area is 77.2 Å². The number of aliphatic hydroxyl groups is 1. The minimum absolute atomic E-state index is 0.0371. The summed E-state index contributed by atoms with van der Waals surface area (Å²) in [5.41, 5.74) is 0.176. The molecule has 0 aliphatic heterocycles. The van der Waals surface area contributed by atoms with Crippen LogP contribution in [0.5, 0.6) is 0 Å². The van der Waals surface area contributed by atoms with E-state index in [1.54, 1.807) is 0 Å². The topological polar surface area (TPSA) is 20.2 Å². The van der Waals surface area contributed by atoms with E-state index in [1.165, 1.54) is 13.0 Å². The quantitative estimate of drug-likeness (QED) is 0.744. The monoisotopic (exact) mass is 236 g/mol. The summed E-state index contributed by atoms with van der Waals surface area (Å²) < 4.78 is 26.3. The first-order valence-electron chi connectivity index (χ1n) is 3.31. The van der Waals surface area contributed by atoms with Crippen molar-refractivity contribution in [2.24, 2.45) is 0 Å². The van der Waals surface area contributed by atoms with Crippen LogP contribution in [0.1, 0.15) is 11.1 Å². The van der Waals surface area contributed by atoms with Crippen molar-refractivity contribution in [2.45, 2.75) is 13.5 Å². The molecule has 0 amide bonds. The number of halogens is 3. The fourth-order valence-electron chi connectivity index (χ4n) is 0.850. The van der Waals surface area contributed by atoms with Gasteiger partial charge >= 0.3 is 0 Å². The second kappa shape index (κ2) is 3.49. The van der Waals surface area contributed by atoms with Crippen LogP contribution in [-0.4, -0.2) is 5.11 Å². The highest BCUT2D eigenvalue weighted by Gasteiger charge is 2.13. The van der Waals surface area contributed by atoms with Gasteiger partial charge < -0.3 is 5.11 Å². The molecular weight excluding hydrogens is 230 g/mol. The standard InChI is InChI=1S/C8H7BrF2O/c1-4-6(9)2-5(3-12)8(11)7(4)10/h2,12H,3H2,1H3. The summed E-state index contributed by atoms with van der Waals surface area (Å²) in [5.74, 6) is -1.88. The van der Waals surface area contributed by atoms with Crippen molar-refractivity contribution in [3.63, 3.8) is 0 Å². The first kappa shape index (κ1) is 9.61. The van der Waals surface area contributed by atoms with Gasteiger partial charge in [0.15, 0.2) is 11.6 Å². The molecule has 0 atom stereocenters. The summed E-state index contributed by atoms with van der Waals surface area (Å²) in [6.45, 7) is 0.964. The number of benzene rings is 1. The molecule has 0 saturated carbocycles. The SMILES string of the molecule is Cc1c(Br)cc(CO)c(F)c1F. The van der Waals surface area contributed by atoms with Crippen molar-refractivity contribution in [3.8, 4) is 0 Å². The molecule has 1 aromatic carbocycles. The van der Waals surface area contributed by atoms with E-state index in [0.29, 0.717) is 4.47 Å². The van der Waals surface area contributed by atoms with Crippen LogP contribution in [0.15, 0.2) is 10.5 Å². The van der Waals surface area contributed by atoms with Gasteiger partial charge in [-0.05, 0) is 13.0 Å². The Morgan fingerprint density at radius 2 is 2.00 bits per heavy atom. The molecule has 4 heteroatoms. The second-order valence-corrected chi connectivity index (χ2v) is 3.28. The van der Waals surface area contributed by atoms with Crippen LogP contribution >= 0.6 is 15.9 Å². The molecule has 0 aliphatic carbocycles. The first-order chi connectivity index (χ1) is 5.57. The lowest BCUT2D eigenvalue weighted by Gasteiger charge is -2.05. The van der Waals surface area contributed by atoms with Crippen molar-refractivity contribution >= 4 is 15.9 Å². The molecule has 1 rings (SSSR count). The van der Waals surface area contributed by atoms with Crippen LogP contribution in [0.3, 0.4) is 0 Å². The van der Waals surface area contributed by atoms with Gasteiger partial charge in [0.25, 0.3) is 0 Å². The molecule has 0 aliphatic rings. The molecule has 12 heavy (non-hydrogen) atoms. The summed E-state index contributed by atoms with van der Waals surface area (Å²) in [7, 11) is 0. The normalized spacial score (nSPS) is 10.4. The summed E-state index contributed by atoms with van der Waals surface area (Å²) in [4.78, 5) is 0. The Bertz CT molecular complexity index is 312. The number of rotatable bonds is 1. The average molecular weight is 237 g/mol. The Balaban J connectivity index is 3.39. The van der Waals surface area contributed by atoms with Gasteiger partial charge in [0.05, 0.1) is 6.61 Å². The minimum atomic E-state index is -0.974.